The van der Waals surface area contributed by atoms with Gasteiger partial charge in [0.25, 0.3) is 0 Å². The molecule has 0 aliphatic carbocycles. The maximum absolute atomic E-state index is 13.1. The number of nitrogens with two attached hydrogens (primary N) is 1. The Hall–Kier alpha value is -2.37. The van der Waals surface area contributed by atoms with Crippen LogP contribution in [0.15, 0.2) is 36.7 Å². The van der Waals surface area contributed by atoms with E-state index in [1.54, 1.807) is 23.2 Å². The first kappa shape index (κ1) is 14.0. The van der Waals surface area contributed by atoms with Gasteiger partial charge in [0.15, 0.2) is 0 Å². The number of rotatable bonds is 5. The molecule has 1 aromatic carbocycles. The van der Waals surface area contributed by atoms with Crippen LogP contribution in [0.5, 0.6) is 0 Å². The summed E-state index contributed by atoms with van der Waals surface area (Å²) >= 11 is 0. The molecule has 0 aliphatic rings. The molecule has 2 N–H and O–H groups in total. The largest absolute Gasteiger partial charge is 0.396 e. The third kappa shape index (κ3) is 3.57. The fraction of sp³-hybridized carbons (Fsp3) is 0.286. The van der Waals surface area contributed by atoms with Crippen molar-refractivity contribution in [1.29, 1.82) is 0 Å². The van der Waals surface area contributed by atoms with E-state index in [1.165, 1.54) is 23.0 Å². The number of amides is 1. The second-order valence-corrected chi connectivity index (χ2v) is 4.51. The lowest BCUT2D eigenvalue weighted by Crippen LogP contribution is -2.33. The van der Waals surface area contributed by atoms with Gasteiger partial charge in [-0.3, -0.25) is 9.48 Å². The molecule has 0 atom stereocenters. The molecule has 6 heteroatoms. The molecule has 2 rings (SSSR count). The quantitative estimate of drug-likeness (QED) is 0.903. The number of anilines is 1. The van der Waals surface area contributed by atoms with Crippen molar-refractivity contribution < 1.29 is 9.18 Å². The Bertz CT molecular complexity index is 596. The summed E-state index contributed by atoms with van der Waals surface area (Å²) in [5.41, 5.74) is 6.84. The van der Waals surface area contributed by atoms with Crippen molar-refractivity contribution in [3.8, 4) is 0 Å². The van der Waals surface area contributed by atoms with Crippen molar-refractivity contribution in [1.82, 2.24) is 14.7 Å². The van der Waals surface area contributed by atoms with E-state index in [2.05, 4.69) is 5.10 Å². The lowest BCUT2D eigenvalue weighted by molar-refractivity contribution is -0.132. The molecule has 0 unspecified atom stereocenters. The van der Waals surface area contributed by atoms with Crippen molar-refractivity contribution in [3.05, 3.63) is 48.0 Å². The minimum atomic E-state index is -0.300. The van der Waals surface area contributed by atoms with Crippen LogP contribution in [0.2, 0.25) is 0 Å². The van der Waals surface area contributed by atoms with Gasteiger partial charge >= 0.3 is 0 Å². The number of carbonyl (C=O) groups is 1. The van der Waals surface area contributed by atoms with Gasteiger partial charge in [-0.15, -0.1) is 0 Å². The van der Waals surface area contributed by atoms with E-state index in [9.17, 15) is 9.18 Å². The highest BCUT2D eigenvalue weighted by atomic mass is 19.1. The molecule has 5 nitrogen and oxygen atoms in total. The molecule has 1 aromatic heterocycles. The van der Waals surface area contributed by atoms with Crippen LogP contribution in [-0.4, -0.2) is 27.1 Å². The first-order chi connectivity index (χ1) is 9.58. The van der Waals surface area contributed by atoms with E-state index in [4.69, 9.17) is 5.73 Å². The zero-order chi connectivity index (χ0) is 14.5. The number of aromatic nitrogens is 2. The summed E-state index contributed by atoms with van der Waals surface area (Å²) in [7, 11) is 0. The fourth-order valence-electron chi connectivity index (χ4n) is 1.94. The van der Waals surface area contributed by atoms with E-state index in [-0.39, 0.29) is 18.3 Å². The Morgan fingerprint density at radius 3 is 2.90 bits per heavy atom. The summed E-state index contributed by atoms with van der Waals surface area (Å²) in [4.78, 5) is 13.8. The lowest BCUT2D eigenvalue weighted by Gasteiger charge is -2.21. The summed E-state index contributed by atoms with van der Waals surface area (Å²) in [6.07, 6.45) is 3.10. The third-order valence-electron chi connectivity index (χ3n) is 2.95. The van der Waals surface area contributed by atoms with Crippen LogP contribution < -0.4 is 5.73 Å². The monoisotopic (exact) mass is 276 g/mol. The zero-order valence-corrected chi connectivity index (χ0v) is 11.3. The van der Waals surface area contributed by atoms with Crippen molar-refractivity contribution in [2.24, 2.45) is 0 Å². The lowest BCUT2D eigenvalue weighted by atomic mass is 10.2. The number of halogens is 1. The van der Waals surface area contributed by atoms with E-state index < -0.39 is 0 Å². The molecule has 0 bridgehead atoms. The van der Waals surface area contributed by atoms with Gasteiger partial charge < -0.3 is 10.6 Å². The maximum atomic E-state index is 13.1. The van der Waals surface area contributed by atoms with Crippen molar-refractivity contribution in [2.75, 3.05) is 12.3 Å². The highest BCUT2D eigenvalue weighted by molar-refractivity contribution is 5.76. The molecule has 0 spiro atoms. The summed E-state index contributed by atoms with van der Waals surface area (Å²) in [5, 5.41) is 3.98. The zero-order valence-electron chi connectivity index (χ0n) is 11.3. The van der Waals surface area contributed by atoms with Gasteiger partial charge in [0, 0.05) is 19.3 Å². The van der Waals surface area contributed by atoms with E-state index >= 15 is 0 Å². The van der Waals surface area contributed by atoms with Crippen LogP contribution in [0.25, 0.3) is 0 Å². The number of benzene rings is 1. The Balaban J connectivity index is 2.02. The molecular weight excluding hydrogens is 259 g/mol. The van der Waals surface area contributed by atoms with Gasteiger partial charge in [0.2, 0.25) is 5.91 Å². The molecule has 1 heterocycles. The van der Waals surface area contributed by atoms with Crippen LogP contribution in [0.1, 0.15) is 12.5 Å². The van der Waals surface area contributed by atoms with Crippen LogP contribution in [-0.2, 0) is 17.9 Å². The van der Waals surface area contributed by atoms with Gasteiger partial charge in [0.05, 0.1) is 11.9 Å². The van der Waals surface area contributed by atoms with Crippen LogP contribution in [0.3, 0.4) is 0 Å². The van der Waals surface area contributed by atoms with Gasteiger partial charge in [-0.25, -0.2) is 4.39 Å². The average Bonchev–Trinajstić information content (AvgIpc) is 2.81. The first-order valence-electron chi connectivity index (χ1n) is 6.38. The predicted molar refractivity (Wildman–Crippen MR) is 74.1 cm³/mol. The number of likely N-dealkylation sites (N-methyl/N-ethyl adjacent to an activating group) is 1. The van der Waals surface area contributed by atoms with Crippen LogP contribution in [0, 0.1) is 5.82 Å². The standard InChI is InChI=1S/C14H17FN4O/c1-2-18(8-11-4-3-5-12(15)6-11)14(20)10-19-9-13(16)7-17-19/h3-7,9H,2,8,10,16H2,1H3. The molecule has 0 aliphatic heterocycles. The smallest absolute Gasteiger partial charge is 0.244 e. The highest BCUT2D eigenvalue weighted by Gasteiger charge is 2.13. The summed E-state index contributed by atoms with van der Waals surface area (Å²) in [5.74, 6) is -0.384. The molecule has 0 radical (unpaired) electrons. The number of nitrogen functional groups attached to an aromatic ring is 1. The molecule has 1 amide bonds. The number of nitrogens with zero attached hydrogens (tertiary/aromatic N) is 3. The normalized spacial score (nSPS) is 10.5. The predicted octanol–water partition coefficient (Wildman–Crippen LogP) is 1.65. The Labute approximate surface area is 116 Å². The van der Waals surface area contributed by atoms with Crippen LogP contribution >= 0.6 is 0 Å². The minimum absolute atomic E-state index is 0.0835. The summed E-state index contributed by atoms with van der Waals surface area (Å²) < 4.78 is 14.6. The molecule has 106 valence electrons. The topological polar surface area (TPSA) is 64.2 Å². The maximum Gasteiger partial charge on any atom is 0.244 e. The van der Waals surface area contributed by atoms with Crippen molar-refractivity contribution >= 4 is 11.6 Å². The number of carbonyl (C=O) groups excluding carboxylic acids is 1. The second kappa shape index (κ2) is 6.18. The van der Waals surface area contributed by atoms with E-state index in [0.717, 1.165) is 5.56 Å². The Morgan fingerprint density at radius 1 is 1.50 bits per heavy atom. The number of hydrogen-bond donors (Lipinski definition) is 1. The molecular formula is C14H17FN4O. The highest BCUT2D eigenvalue weighted by Crippen LogP contribution is 2.08. The summed E-state index contributed by atoms with van der Waals surface area (Å²) in [6.45, 7) is 2.94. The first-order valence-corrected chi connectivity index (χ1v) is 6.38. The molecule has 20 heavy (non-hydrogen) atoms. The molecule has 0 fully saturated rings. The van der Waals surface area contributed by atoms with Crippen LogP contribution in [0.4, 0.5) is 10.1 Å². The van der Waals surface area contributed by atoms with Crippen molar-refractivity contribution in [2.45, 2.75) is 20.0 Å². The Morgan fingerprint density at radius 2 is 2.30 bits per heavy atom. The van der Waals surface area contributed by atoms with Gasteiger partial charge in [-0.05, 0) is 24.6 Å². The SMILES string of the molecule is CCN(Cc1cccc(F)c1)C(=O)Cn1cc(N)cn1. The van der Waals surface area contributed by atoms with E-state index in [0.29, 0.717) is 18.8 Å². The van der Waals surface area contributed by atoms with Gasteiger partial charge in [-0.1, -0.05) is 12.1 Å². The van der Waals surface area contributed by atoms with Gasteiger partial charge in [0.1, 0.15) is 12.4 Å². The minimum Gasteiger partial charge on any atom is -0.396 e. The summed E-state index contributed by atoms with van der Waals surface area (Å²) in [6, 6.07) is 6.25. The number of hydrogen-bond acceptors (Lipinski definition) is 3. The average molecular weight is 276 g/mol. The third-order valence-corrected chi connectivity index (χ3v) is 2.95. The molecule has 0 saturated carbocycles. The fourth-order valence-corrected chi connectivity index (χ4v) is 1.94. The van der Waals surface area contributed by atoms with Crippen molar-refractivity contribution in [3.63, 3.8) is 0 Å². The van der Waals surface area contributed by atoms with Gasteiger partial charge in [-0.2, -0.15) is 5.10 Å². The van der Waals surface area contributed by atoms with E-state index in [1.807, 2.05) is 6.92 Å². The Kier molecular flexibility index (Phi) is 4.34. The molecule has 0 saturated heterocycles. The molecule has 2 aromatic rings. The second-order valence-electron chi connectivity index (χ2n) is 4.51.